The third-order valence-corrected chi connectivity index (χ3v) is 3.21. The van der Waals surface area contributed by atoms with Crippen LogP contribution < -0.4 is 5.32 Å². The maximum Gasteiger partial charge on any atom is 0.123 e. The Kier molecular flexibility index (Phi) is 5.98. The van der Waals surface area contributed by atoms with Gasteiger partial charge in [-0.05, 0) is 38.0 Å². The molecular formula is C16H23FN2. The number of hydrogen-bond acceptors (Lipinski definition) is 2. The molecule has 0 saturated carbocycles. The Bertz CT molecular complexity index is 417. The molecule has 3 heteroatoms. The maximum atomic E-state index is 13.0. The summed E-state index contributed by atoms with van der Waals surface area (Å²) >= 11 is 0. The van der Waals surface area contributed by atoms with Gasteiger partial charge in [-0.2, -0.15) is 5.26 Å². The first-order valence-corrected chi connectivity index (χ1v) is 6.88. The second-order valence-corrected chi connectivity index (χ2v) is 5.62. The SMILES string of the molecule is CCCCC(NCC(C)(C)C#N)c1ccc(F)cc1. The molecule has 0 bridgehead atoms. The lowest BCUT2D eigenvalue weighted by Gasteiger charge is -2.23. The van der Waals surface area contributed by atoms with Crippen LogP contribution in [0.3, 0.4) is 0 Å². The van der Waals surface area contributed by atoms with Crippen molar-refractivity contribution in [2.45, 2.75) is 46.1 Å². The van der Waals surface area contributed by atoms with Crippen LogP contribution in [0.2, 0.25) is 0 Å². The fraction of sp³-hybridized carbons (Fsp3) is 0.562. The van der Waals surface area contributed by atoms with Crippen molar-refractivity contribution in [2.24, 2.45) is 5.41 Å². The molecule has 0 aliphatic heterocycles. The fourth-order valence-electron chi connectivity index (χ4n) is 1.91. The first kappa shape index (κ1) is 15.7. The molecule has 0 spiro atoms. The smallest absolute Gasteiger partial charge is 0.123 e. The van der Waals surface area contributed by atoms with Gasteiger partial charge >= 0.3 is 0 Å². The van der Waals surface area contributed by atoms with Gasteiger partial charge in [0.1, 0.15) is 5.82 Å². The lowest BCUT2D eigenvalue weighted by Crippen LogP contribution is -2.31. The minimum absolute atomic E-state index is 0.188. The molecule has 0 aliphatic rings. The van der Waals surface area contributed by atoms with Gasteiger partial charge < -0.3 is 5.32 Å². The molecule has 19 heavy (non-hydrogen) atoms. The number of nitrogens with zero attached hydrogens (tertiary/aromatic N) is 1. The molecule has 0 aromatic heterocycles. The molecular weight excluding hydrogens is 239 g/mol. The predicted molar refractivity (Wildman–Crippen MR) is 76.1 cm³/mol. The molecule has 0 amide bonds. The minimum Gasteiger partial charge on any atom is -0.308 e. The van der Waals surface area contributed by atoms with Gasteiger partial charge in [0.15, 0.2) is 0 Å². The standard InChI is InChI=1S/C16H23FN2/c1-4-5-6-15(19-12-16(2,3)11-18)13-7-9-14(17)10-8-13/h7-10,15,19H,4-6,12H2,1-3H3. The van der Waals surface area contributed by atoms with E-state index in [9.17, 15) is 4.39 Å². The van der Waals surface area contributed by atoms with Gasteiger partial charge in [0.2, 0.25) is 0 Å². The zero-order valence-electron chi connectivity index (χ0n) is 12.0. The quantitative estimate of drug-likeness (QED) is 0.799. The van der Waals surface area contributed by atoms with Crippen LogP contribution in [0, 0.1) is 22.6 Å². The van der Waals surface area contributed by atoms with Gasteiger partial charge in [0, 0.05) is 12.6 Å². The molecule has 1 N–H and O–H groups in total. The Morgan fingerprint density at radius 3 is 2.47 bits per heavy atom. The van der Waals surface area contributed by atoms with E-state index in [1.807, 2.05) is 26.0 Å². The van der Waals surface area contributed by atoms with E-state index in [2.05, 4.69) is 18.3 Å². The Morgan fingerprint density at radius 2 is 1.95 bits per heavy atom. The number of unbranched alkanes of at least 4 members (excludes halogenated alkanes) is 1. The van der Waals surface area contributed by atoms with E-state index in [4.69, 9.17) is 5.26 Å². The number of benzene rings is 1. The molecule has 1 aromatic rings. The maximum absolute atomic E-state index is 13.0. The molecule has 0 saturated heterocycles. The van der Waals surface area contributed by atoms with Gasteiger partial charge in [0.25, 0.3) is 0 Å². The Morgan fingerprint density at radius 1 is 1.32 bits per heavy atom. The van der Waals surface area contributed by atoms with E-state index in [0.717, 1.165) is 24.8 Å². The molecule has 2 nitrogen and oxygen atoms in total. The average molecular weight is 262 g/mol. The van der Waals surface area contributed by atoms with Crippen molar-refractivity contribution in [3.8, 4) is 6.07 Å². The van der Waals surface area contributed by atoms with E-state index < -0.39 is 0 Å². The summed E-state index contributed by atoms with van der Waals surface area (Å²) in [4.78, 5) is 0. The normalized spacial score (nSPS) is 13.0. The monoisotopic (exact) mass is 262 g/mol. The third-order valence-electron chi connectivity index (χ3n) is 3.21. The number of nitriles is 1. The summed E-state index contributed by atoms with van der Waals surface area (Å²) in [6, 6.07) is 9.10. The lowest BCUT2D eigenvalue weighted by atomic mass is 9.94. The van der Waals surface area contributed by atoms with Crippen LogP contribution in [-0.2, 0) is 0 Å². The number of halogens is 1. The Balaban J connectivity index is 2.72. The van der Waals surface area contributed by atoms with Crippen molar-refractivity contribution in [1.29, 1.82) is 5.26 Å². The molecule has 0 fully saturated rings. The predicted octanol–water partition coefficient (Wildman–Crippen LogP) is 4.20. The van der Waals surface area contributed by atoms with Crippen LogP contribution in [0.1, 0.15) is 51.6 Å². The van der Waals surface area contributed by atoms with Crippen molar-refractivity contribution >= 4 is 0 Å². The first-order valence-electron chi connectivity index (χ1n) is 6.88. The highest BCUT2D eigenvalue weighted by molar-refractivity contribution is 5.20. The summed E-state index contributed by atoms with van der Waals surface area (Å²) in [5.41, 5.74) is 0.702. The molecule has 0 heterocycles. The van der Waals surface area contributed by atoms with Crippen LogP contribution in [0.4, 0.5) is 4.39 Å². The summed E-state index contributed by atoms with van der Waals surface area (Å²) in [5.74, 6) is -0.213. The number of rotatable bonds is 7. The fourth-order valence-corrected chi connectivity index (χ4v) is 1.91. The second-order valence-electron chi connectivity index (χ2n) is 5.62. The third kappa shape index (κ3) is 5.40. The zero-order valence-corrected chi connectivity index (χ0v) is 12.0. The highest BCUT2D eigenvalue weighted by atomic mass is 19.1. The summed E-state index contributed by atoms with van der Waals surface area (Å²) in [6.45, 7) is 6.62. The summed E-state index contributed by atoms with van der Waals surface area (Å²) in [5, 5.41) is 12.5. The van der Waals surface area contributed by atoms with E-state index in [1.165, 1.54) is 12.1 Å². The molecule has 1 rings (SSSR count). The Labute approximate surface area is 115 Å². The number of nitrogens with one attached hydrogen (secondary N) is 1. The van der Waals surface area contributed by atoms with Crippen molar-refractivity contribution < 1.29 is 4.39 Å². The van der Waals surface area contributed by atoms with Crippen molar-refractivity contribution in [3.05, 3.63) is 35.6 Å². The first-order chi connectivity index (χ1) is 8.98. The van der Waals surface area contributed by atoms with Crippen LogP contribution in [-0.4, -0.2) is 6.54 Å². The molecule has 1 aromatic carbocycles. The highest BCUT2D eigenvalue weighted by Gasteiger charge is 2.19. The molecule has 104 valence electrons. The lowest BCUT2D eigenvalue weighted by molar-refractivity contribution is 0.387. The second kappa shape index (κ2) is 7.25. The van der Waals surface area contributed by atoms with Crippen LogP contribution >= 0.6 is 0 Å². The minimum atomic E-state index is -0.384. The van der Waals surface area contributed by atoms with E-state index in [0.29, 0.717) is 6.54 Å². The molecule has 0 radical (unpaired) electrons. The van der Waals surface area contributed by atoms with Gasteiger partial charge in [-0.15, -0.1) is 0 Å². The average Bonchev–Trinajstić information content (AvgIpc) is 2.40. The van der Waals surface area contributed by atoms with Crippen LogP contribution in [0.5, 0.6) is 0 Å². The van der Waals surface area contributed by atoms with Gasteiger partial charge in [-0.1, -0.05) is 31.9 Å². The van der Waals surface area contributed by atoms with Gasteiger partial charge in [0.05, 0.1) is 11.5 Å². The number of hydrogen-bond donors (Lipinski definition) is 1. The molecule has 1 unspecified atom stereocenters. The largest absolute Gasteiger partial charge is 0.308 e. The summed E-state index contributed by atoms with van der Waals surface area (Å²) in [6.07, 6.45) is 3.24. The highest BCUT2D eigenvalue weighted by Crippen LogP contribution is 2.22. The van der Waals surface area contributed by atoms with E-state index >= 15 is 0 Å². The van der Waals surface area contributed by atoms with E-state index in [1.54, 1.807) is 0 Å². The molecule has 1 atom stereocenters. The summed E-state index contributed by atoms with van der Waals surface area (Å²) < 4.78 is 13.0. The van der Waals surface area contributed by atoms with Crippen molar-refractivity contribution in [2.75, 3.05) is 6.54 Å². The topological polar surface area (TPSA) is 35.8 Å². The molecule has 0 aliphatic carbocycles. The van der Waals surface area contributed by atoms with Crippen LogP contribution in [0.15, 0.2) is 24.3 Å². The zero-order chi connectivity index (χ0) is 14.3. The van der Waals surface area contributed by atoms with Crippen molar-refractivity contribution in [3.63, 3.8) is 0 Å². The Hall–Kier alpha value is -1.40. The van der Waals surface area contributed by atoms with Crippen molar-refractivity contribution in [1.82, 2.24) is 5.32 Å². The summed E-state index contributed by atoms with van der Waals surface area (Å²) in [7, 11) is 0. The van der Waals surface area contributed by atoms with E-state index in [-0.39, 0.29) is 17.3 Å². The van der Waals surface area contributed by atoms with Crippen LogP contribution in [0.25, 0.3) is 0 Å². The van der Waals surface area contributed by atoms with Gasteiger partial charge in [-0.3, -0.25) is 0 Å². The van der Waals surface area contributed by atoms with Gasteiger partial charge in [-0.25, -0.2) is 4.39 Å².